The summed E-state index contributed by atoms with van der Waals surface area (Å²) in [4.78, 5) is 10.6. The molecule has 0 aromatic carbocycles. The summed E-state index contributed by atoms with van der Waals surface area (Å²) in [5.41, 5.74) is 0. The first kappa shape index (κ1) is 12.1. The standard InChI is InChI=1S/C7H13NO4S/c1-3-6-13(10,11)8-5-4-7(9)12-2/h3,8H,1,4-6H2,2H3. The molecule has 5 nitrogen and oxygen atoms in total. The highest BCUT2D eigenvalue weighted by molar-refractivity contribution is 7.89. The molecule has 0 unspecified atom stereocenters. The van der Waals surface area contributed by atoms with Gasteiger partial charge in [-0.15, -0.1) is 6.58 Å². The van der Waals surface area contributed by atoms with Crippen molar-refractivity contribution in [3.63, 3.8) is 0 Å². The molecular weight excluding hydrogens is 194 g/mol. The van der Waals surface area contributed by atoms with Crippen LogP contribution in [0.15, 0.2) is 12.7 Å². The van der Waals surface area contributed by atoms with Crippen LogP contribution in [-0.4, -0.2) is 33.8 Å². The predicted octanol–water partition coefficient (Wildman–Crippen LogP) is -0.345. The Morgan fingerprint density at radius 2 is 2.23 bits per heavy atom. The van der Waals surface area contributed by atoms with Gasteiger partial charge in [-0.05, 0) is 0 Å². The fraction of sp³-hybridized carbons (Fsp3) is 0.571. The molecule has 0 amide bonds. The molecule has 0 fully saturated rings. The van der Waals surface area contributed by atoms with Crippen LogP contribution in [0.3, 0.4) is 0 Å². The van der Waals surface area contributed by atoms with Crippen molar-refractivity contribution >= 4 is 16.0 Å². The molecule has 0 saturated heterocycles. The van der Waals surface area contributed by atoms with Gasteiger partial charge in [0.05, 0.1) is 19.3 Å². The molecule has 0 radical (unpaired) electrons. The van der Waals surface area contributed by atoms with E-state index in [1.807, 2.05) is 0 Å². The lowest BCUT2D eigenvalue weighted by atomic mass is 10.4. The van der Waals surface area contributed by atoms with Crippen molar-refractivity contribution in [3.8, 4) is 0 Å². The Bertz CT molecular complexity index is 270. The normalized spacial score (nSPS) is 10.8. The molecule has 0 aromatic rings. The van der Waals surface area contributed by atoms with Crippen molar-refractivity contribution in [1.29, 1.82) is 0 Å². The summed E-state index contributed by atoms with van der Waals surface area (Å²) in [5, 5.41) is 0. The second kappa shape index (κ2) is 5.71. The summed E-state index contributed by atoms with van der Waals surface area (Å²) in [7, 11) is -2.06. The SMILES string of the molecule is C=CCS(=O)(=O)NCCC(=O)OC. The first-order valence-corrected chi connectivity index (χ1v) is 5.32. The second-order valence-corrected chi connectivity index (χ2v) is 4.14. The van der Waals surface area contributed by atoms with Gasteiger partial charge in [-0.1, -0.05) is 6.08 Å². The number of esters is 1. The monoisotopic (exact) mass is 207 g/mol. The number of ether oxygens (including phenoxy) is 1. The van der Waals surface area contributed by atoms with E-state index in [1.54, 1.807) is 0 Å². The fourth-order valence-corrected chi connectivity index (χ4v) is 1.47. The van der Waals surface area contributed by atoms with E-state index in [0.717, 1.165) is 0 Å². The molecule has 13 heavy (non-hydrogen) atoms. The van der Waals surface area contributed by atoms with Crippen LogP contribution in [-0.2, 0) is 19.6 Å². The summed E-state index contributed by atoms with van der Waals surface area (Å²) in [5.74, 6) is -0.588. The number of carbonyl (C=O) groups excluding carboxylic acids is 1. The van der Waals surface area contributed by atoms with Crippen molar-refractivity contribution in [2.45, 2.75) is 6.42 Å². The van der Waals surface area contributed by atoms with Crippen molar-refractivity contribution in [1.82, 2.24) is 4.72 Å². The van der Waals surface area contributed by atoms with Gasteiger partial charge in [0.1, 0.15) is 0 Å². The largest absolute Gasteiger partial charge is 0.469 e. The summed E-state index contributed by atoms with van der Waals surface area (Å²) in [6.45, 7) is 3.35. The Morgan fingerprint density at radius 3 is 2.69 bits per heavy atom. The zero-order valence-corrected chi connectivity index (χ0v) is 8.26. The van der Waals surface area contributed by atoms with Gasteiger partial charge in [0.2, 0.25) is 10.0 Å². The molecule has 0 aliphatic rings. The van der Waals surface area contributed by atoms with Crippen LogP contribution in [0.1, 0.15) is 6.42 Å². The van der Waals surface area contributed by atoms with Crippen LogP contribution in [0.4, 0.5) is 0 Å². The highest BCUT2D eigenvalue weighted by Gasteiger charge is 2.07. The maximum absolute atomic E-state index is 11.0. The van der Waals surface area contributed by atoms with Gasteiger partial charge in [0.15, 0.2) is 0 Å². The van der Waals surface area contributed by atoms with E-state index in [4.69, 9.17) is 0 Å². The Morgan fingerprint density at radius 1 is 1.62 bits per heavy atom. The third kappa shape index (κ3) is 6.30. The molecule has 1 N–H and O–H groups in total. The number of hydrogen-bond donors (Lipinski definition) is 1. The Balaban J connectivity index is 3.76. The Hall–Kier alpha value is -0.880. The molecule has 0 spiro atoms. The van der Waals surface area contributed by atoms with Crippen LogP contribution in [0.5, 0.6) is 0 Å². The van der Waals surface area contributed by atoms with Crippen LogP contribution in [0.2, 0.25) is 0 Å². The molecule has 0 bridgehead atoms. The quantitative estimate of drug-likeness (QED) is 0.477. The first-order valence-electron chi connectivity index (χ1n) is 3.67. The van der Waals surface area contributed by atoms with Gasteiger partial charge in [0, 0.05) is 6.54 Å². The van der Waals surface area contributed by atoms with Gasteiger partial charge in [-0.2, -0.15) is 0 Å². The minimum absolute atomic E-state index is 0.0346. The van der Waals surface area contributed by atoms with Gasteiger partial charge in [0.25, 0.3) is 0 Å². The zero-order valence-electron chi connectivity index (χ0n) is 7.45. The molecule has 0 saturated carbocycles. The van der Waals surface area contributed by atoms with Crippen molar-refractivity contribution in [3.05, 3.63) is 12.7 Å². The van der Waals surface area contributed by atoms with Gasteiger partial charge < -0.3 is 4.74 Å². The molecule has 0 rings (SSSR count). The highest BCUT2D eigenvalue weighted by atomic mass is 32.2. The average molecular weight is 207 g/mol. The number of rotatable bonds is 6. The van der Waals surface area contributed by atoms with Crippen LogP contribution >= 0.6 is 0 Å². The number of sulfonamides is 1. The molecule has 0 heterocycles. The maximum Gasteiger partial charge on any atom is 0.306 e. The highest BCUT2D eigenvalue weighted by Crippen LogP contribution is 1.87. The fourth-order valence-electron chi connectivity index (χ4n) is 0.625. The Labute approximate surface area is 77.8 Å². The molecule has 76 valence electrons. The lowest BCUT2D eigenvalue weighted by Gasteiger charge is -2.02. The van der Waals surface area contributed by atoms with Gasteiger partial charge >= 0.3 is 5.97 Å². The summed E-state index contributed by atoms with van der Waals surface area (Å²) in [6, 6.07) is 0. The lowest BCUT2D eigenvalue weighted by Crippen LogP contribution is -2.28. The van der Waals surface area contributed by atoms with Crippen LogP contribution in [0.25, 0.3) is 0 Å². The summed E-state index contributed by atoms with van der Waals surface area (Å²) < 4.78 is 28.5. The number of nitrogens with one attached hydrogen (secondary N) is 1. The van der Waals surface area contributed by atoms with E-state index >= 15 is 0 Å². The smallest absolute Gasteiger partial charge is 0.306 e. The second-order valence-electron chi connectivity index (χ2n) is 2.29. The van der Waals surface area contributed by atoms with E-state index in [-0.39, 0.29) is 18.7 Å². The molecule has 0 atom stereocenters. The van der Waals surface area contributed by atoms with E-state index in [1.165, 1.54) is 13.2 Å². The predicted molar refractivity (Wildman–Crippen MR) is 48.6 cm³/mol. The van der Waals surface area contributed by atoms with Crippen molar-refractivity contribution in [2.75, 3.05) is 19.4 Å². The number of carbonyl (C=O) groups is 1. The lowest BCUT2D eigenvalue weighted by molar-refractivity contribution is -0.140. The van der Waals surface area contributed by atoms with E-state index in [9.17, 15) is 13.2 Å². The van der Waals surface area contributed by atoms with Crippen molar-refractivity contribution < 1.29 is 17.9 Å². The average Bonchev–Trinajstić information content (AvgIpc) is 2.03. The van der Waals surface area contributed by atoms with Gasteiger partial charge in [-0.3, -0.25) is 4.79 Å². The maximum atomic E-state index is 11.0. The first-order chi connectivity index (χ1) is 6.02. The van der Waals surface area contributed by atoms with E-state index in [2.05, 4.69) is 16.0 Å². The molecular formula is C7H13NO4S. The molecule has 0 aromatic heterocycles. The van der Waals surface area contributed by atoms with Crippen LogP contribution in [0, 0.1) is 0 Å². The van der Waals surface area contributed by atoms with E-state index < -0.39 is 16.0 Å². The minimum Gasteiger partial charge on any atom is -0.469 e. The zero-order chi connectivity index (χ0) is 10.3. The van der Waals surface area contributed by atoms with Crippen LogP contribution < -0.4 is 4.72 Å². The Kier molecular flexibility index (Phi) is 5.33. The van der Waals surface area contributed by atoms with Gasteiger partial charge in [-0.25, -0.2) is 13.1 Å². The number of methoxy groups -OCH3 is 1. The minimum atomic E-state index is -3.31. The van der Waals surface area contributed by atoms with Crippen molar-refractivity contribution in [2.24, 2.45) is 0 Å². The third-order valence-electron chi connectivity index (χ3n) is 1.22. The summed E-state index contributed by atoms with van der Waals surface area (Å²) in [6.07, 6.45) is 1.31. The number of hydrogen-bond acceptors (Lipinski definition) is 4. The molecule has 6 heteroatoms. The summed E-state index contributed by atoms with van der Waals surface area (Å²) >= 11 is 0. The molecule has 0 aliphatic carbocycles. The van der Waals surface area contributed by atoms with E-state index in [0.29, 0.717) is 0 Å². The third-order valence-corrected chi connectivity index (χ3v) is 2.53. The topological polar surface area (TPSA) is 72.5 Å². The molecule has 0 aliphatic heterocycles.